The van der Waals surface area contributed by atoms with Gasteiger partial charge in [-0.2, -0.15) is 0 Å². The highest BCUT2D eigenvalue weighted by atomic mass is 19.4. The molecule has 5 rings (SSSR count). The first-order chi connectivity index (χ1) is 20.6. The van der Waals surface area contributed by atoms with Gasteiger partial charge in [-0.25, -0.2) is 4.98 Å². The van der Waals surface area contributed by atoms with Crippen LogP contribution < -0.4 is 15.0 Å². The predicted octanol–water partition coefficient (Wildman–Crippen LogP) is 6.43. The van der Waals surface area contributed by atoms with E-state index in [1.54, 1.807) is 18.3 Å². The van der Waals surface area contributed by atoms with Crippen LogP contribution in [0.2, 0.25) is 0 Å². The minimum Gasteiger partial charge on any atom is -0.481 e. The first kappa shape index (κ1) is 30.6. The number of hydrogen-bond donors (Lipinski definition) is 3. The van der Waals surface area contributed by atoms with E-state index in [0.717, 1.165) is 48.2 Å². The number of likely N-dealkylation sites (tertiary alicyclic amines) is 1. The van der Waals surface area contributed by atoms with Crippen LogP contribution >= 0.6 is 0 Å². The number of rotatable bonds is 10. The Kier molecular flexibility index (Phi) is 9.41. The SMILES string of the molecule is CC[C@@H]1CCCN1Cc1cc(NC(O)c2ccc(N3CCC(C(=O)O)CC3)cc2)ncc1-c1ccc(OC(F)(F)F)cc1. The van der Waals surface area contributed by atoms with Crippen LogP contribution in [0.4, 0.5) is 24.7 Å². The second-order valence-electron chi connectivity index (χ2n) is 11.2. The summed E-state index contributed by atoms with van der Waals surface area (Å²) in [5, 5.41) is 23.3. The van der Waals surface area contributed by atoms with Gasteiger partial charge in [-0.1, -0.05) is 31.2 Å². The van der Waals surface area contributed by atoms with E-state index >= 15 is 0 Å². The number of aliphatic hydroxyl groups excluding tert-OH is 1. The smallest absolute Gasteiger partial charge is 0.481 e. The molecule has 1 unspecified atom stereocenters. The van der Waals surface area contributed by atoms with Gasteiger partial charge in [-0.15, -0.1) is 13.2 Å². The highest BCUT2D eigenvalue weighted by Crippen LogP contribution is 2.33. The fraction of sp³-hybridized carbons (Fsp3) is 0.438. The quantitative estimate of drug-likeness (QED) is 0.230. The van der Waals surface area contributed by atoms with E-state index in [1.807, 2.05) is 30.3 Å². The lowest BCUT2D eigenvalue weighted by molar-refractivity contribution is -0.274. The second-order valence-corrected chi connectivity index (χ2v) is 11.2. The van der Waals surface area contributed by atoms with Gasteiger partial charge >= 0.3 is 12.3 Å². The van der Waals surface area contributed by atoms with Crippen LogP contribution in [0.1, 0.15) is 56.4 Å². The molecule has 3 heterocycles. The summed E-state index contributed by atoms with van der Waals surface area (Å²) in [5.41, 5.74) is 4.11. The van der Waals surface area contributed by atoms with Gasteiger partial charge in [-0.3, -0.25) is 9.69 Å². The summed E-state index contributed by atoms with van der Waals surface area (Å²) in [4.78, 5) is 20.3. The van der Waals surface area contributed by atoms with Crippen molar-refractivity contribution >= 4 is 17.5 Å². The molecule has 8 nitrogen and oxygen atoms in total. The van der Waals surface area contributed by atoms with E-state index in [1.165, 1.54) is 12.1 Å². The Morgan fingerprint density at radius 3 is 2.40 bits per heavy atom. The van der Waals surface area contributed by atoms with E-state index in [0.29, 0.717) is 49.9 Å². The molecule has 11 heteroatoms. The minimum atomic E-state index is -4.76. The third-order valence-corrected chi connectivity index (χ3v) is 8.44. The number of halogens is 3. The predicted molar refractivity (Wildman–Crippen MR) is 158 cm³/mol. The lowest BCUT2D eigenvalue weighted by atomic mass is 9.96. The van der Waals surface area contributed by atoms with E-state index in [-0.39, 0.29) is 11.7 Å². The maximum atomic E-state index is 12.7. The highest BCUT2D eigenvalue weighted by Gasteiger charge is 2.31. The molecule has 0 saturated carbocycles. The van der Waals surface area contributed by atoms with Gasteiger partial charge in [0.15, 0.2) is 6.23 Å². The van der Waals surface area contributed by atoms with E-state index in [2.05, 4.69) is 31.8 Å². The van der Waals surface area contributed by atoms with Crippen LogP contribution in [0.25, 0.3) is 11.1 Å². The molecule has 2 fully saturated rings. The normalized spacial score (nSPS) is 18.9. The Morgan fingerprint density at radius 1 is 1.07 bits per heavy atom. The van der Waals surface area contributed by atoms with Gasteiger partial charge in [0.1, 0.15) is 11.6 Å². The molecule has 43 heavy (non-hydrogen) atoms. The molecule has 0 spiro atoms. The number of nitrogens with zero attached hydrogens (tertiary/aromatic N) is 3. The number of benzene rings is 2. The number of aromatic nitrogens is 1. The zero-order chi connectivity index (χ0) is 30.6. The van der Waals surface area contributed by atoms with Gasteiger partial charge in [-0.05, 0) is 80.1 Å². The molecule has 0 bridgehead atoms. The number of carbonyl (C=O) groups is 1. The van der Waals surface area contributed by atoms with Gasteiger partial charge in [0, 0.05) is 48.7 Å². The number of nitrogens with one attached hydrogen (secondary N) is 1. The summed E-state index contributed by atoms with van der Waals surface area (Å²) >= 11 is 0. The standard InChI is InChI=1S/C32H37F3N4O4/c1-2-25-4-3-15-39(25)20-24-18-29(36-19-28(24)21-7-11-27(12-8-21)43-32(33,34)35)37-30(40)22-5-9-26(10-6-22)38-16-13-23(14-17-38)31(41)42/h5-12,18-19,23,25,30,40H,2-4,13-17,20H2,1H3,(H,36,37)(H,41,42)/t25-,30?/m1/s1. The highest BCUT2D eigenvalue weighted by molar-refractivity contribution is 5.70. The van der Waals surface area contributed by atoms with Crippen molar-refractivity contribution in [2.75, 3.05) is 29.9 Å². The molecular formula is C32H37F3N4O4. The summed E-state index contributed by atoms with van der Waals surface area (Å²) in [7, 11) is 0. The molecule has 0 radical (unpaired) electrons. The van der Waals surface area contributed by atoms with Crippen molar-refractivity contribution in [3.8, 4) is 16.9 Å². The Hall–Kier alpha value is -3.83. The monoisotopic (exact) mass is 598 g/mol. The number of aliphatic carboxylic acids is 1. The average molecular weight is 599 g/mol. The van der Waals surface area contributed by atoms with Crippen molar-refractivity contribution in [1.29, 1.82) is 0 Å². The van der Waals surface area contributed by atoms with E-state index in [4.69, 9.17) is 0 Å². The van der Waals surface area contributed by atoms with Crippen molar-refractivity contribution in [3.05, 3.63) is 71.9 Å². The van der Waals surface area contributed by atoms with Crippen LogP contribution in [0, 0.1) is 5.92 Å². The Labute approximate surface area is 249 Å². The Bertz CT molecular complexity index is 1380. The molecule has 2 saturated heterocycles. The molecule has 2 atom stereocenters. The first-order valence-electron chi connectivity index (χ1n) is 14.7. The fourth-order valence-corrected chi connectivity index (χ4v) is 6.06. The fourth-order valence-electron chi connectivity index (χ4n) is 6.06. The van der Waals surface area contributed by atoms with Gasteiger partial charge < -0.3 is 25.2 Å². The number of carboxylic acids is 1. The number of hydrogen-bond acceptors (Lipinski definition) is 7. The summed E-state index contributed by atoms with van der Waals surface area (Å²) in [6, 6.07) is 15.7. The molecule has 0 aliphatic carbocycles. The second kappa shape index (κ2) is 13.2. The number of aliphatic hydroxyl groups is 1. The number of anilines is 2. The Balaban J connectivity index is 1.32. The average Bonchev–Trinajstić information content (AvgIpc) is 3.44. The molecule has 1 aromatic heterocycles. The molecular weight excluding hydrogens is 561 g/mol. The van der Waals surface area contributed by atoms with Gasteiger partial charge in [0.05, 0.1) is 5.92 Å². The lowest BCUT2D eigenvalue weighted by Gasteiger charge is -2.32. The summed E-state index contributed by atoms with van der Waals surface area (Å²) in [6.07, 6.45) is 0.378. The van der Waals surface area contributed by atoms with Crippen molar-refractivity contribution in [1.82, 2.24) is 9.88 Å². The van der Waals surface area contributed by atoms with Gasteiger partial charge in [0.25, 0.3) is 0 Å². The minimum absolute atomic E-state index is 0.284. The van der Waals surface area contributed by atoms with Crippen molar-refractivity contribution in [3.63, 3.8) is 0 Å². The zero-order valence-electron chi connectivity index (χ0n) is 24.1. The Morgan fingerprint density at radius 2 is 1.77 bits per heavy atom. The molecule has 2 aromatic carbocycles. The summed E-state index contributed by atoms with van der Waals surface area (Å²) < 4.78 is 42.0. The largest absolute Gasteiger partial charge is 0.573 e. The van der Waals surface area contributed by atoms with Crippen molar-refractivity contribution in [2.45, 2.75) is 64.2 Å². The van der Waals surface area contributed by atoms with Crippen LogP contribution in [0.5, 0.6) is 5.75 Å². The van der Waals surface area contributed by atoms with Crippen LogP contribution in [-0.2, 0) is 11.3 Å². The van der Waals surface area contributed by atoms with Crippen LogP contribution in [0.3, 0.4) is 0 Å². The number of ether oxygens (including phenoxy) is 1. The maximum Gasteiger partial charge on any atom is 0.573 e. The maximum absolute atomic E-state index is 12.7. The molecule has 3 aromatic rings. The molecule has 0 amide bonds. The summed E-state index contributed by atoms with van der Waals surface area (Å²) in [5.74, 6) is -0.844. The molecule has 230 valence electrons. The topological polar surface area (TPSA) is 98.2 Å². The number of carboxylic acid groups (broad SMARTS) is 1. The lowest BCUT2D eigenvalue weighted by Crippen LogP contribution is -2.36. The van der Waals surface area contributed by atoms with E-state index < -0.39 is 18.6 Å². The van der Waals surface area contributed by atoms with Crippen molar-refractivity contribution in [2.24, 2.45) is 5.92 Å². The number of piperidine rings is 1. The molecule has 2 aliphatic heterocycles. The molecule has 2 aliphatic rings. The third kappa shape index (κ3) is 7.77. The number of pyridine rings is 1. The van der Waals surface area contributed by atoms with Crippen molar-refractivity contribution < 1.29 is 32.9 Å². The van der Waals surface area contributed by atoms with Gasteiger partial charge in [0.2, 0.25) is 0 Å². The van der Waals surface area contributed by atoms with Crippen LogP contribution in [0.15, 0.2) is 60.8 Å². The zero-order valence-corrected chi connectivity index (χ0v) is 24.1. The van der Waals surface area contributed by atoms with Crippen LogP contribution in [-0.4, -0.2) is 58.1 Å². The first-order valence-corrected chi connectivity index (χ1v) is 14.7. The third-order valence-electron chi connectivity index (χ3n) is 8.44. The molecule has 3 N–H and O–H groups in total. The summed E-state index contributed by atoms with van der Waals surface area (Å²) in [6.45, 7) is 5.12. The van der Waals surface area contributed by atoms with E-state index in [9.17, 15) is 28.2 Å². The number of alkyl halides is 3.